The van der Waals surface area contributed by atoms with Crippen LogP contribution in [0.4, 0.5) is 14.6 Å². The number of ether oxygens (including phenoxy) is 2. The fourth-order valence-corrected chi connectivity index (χ4v) is 2.70. The molecule has 3 rings (SSSR count). The van der Waals surface area contributed by atoms with Gasteiger partial charge in [0.1, 0.15) is 5.82 Å². The summed E-state index contributed by atoms with van der Waals surface area (Å²) in [6.07, 6.45) is 1.56. The first kappa shape index (κ1) is 17.8. The smallest absolute Gasteiger partial charge is 0.161 e. The van der Waals surface area contributed by atoms with Crippen LogP contribution in [0, 0.1) is 11.6 Å². The molecule has 7 heteroatoms. The summed E-state index contributed by atoms with van der Waals surface area (Å²) in [6, 6.07) is 7.78. The molecule has 0 unspecified atom stereocenters. The molecular formula is C19H19F2N3O2. The van der Waals surface area contributed by atoms with Crippen LogP contribution < -0.4 is 14.4 Å². The second-order valence-electron chi connectivity index (χ2n) is 5.69. The molecule has 0 saturated heterocycles. The summed E-state index contributed by atoms with van der Waals surface area (Å²) in [5.74, 6) is 0.00963. The number of aromatic nitrogens is 2. The third-order valence-electron chi connectivity index (χ3n) is 4.10. The Morgan fingerprint density at radius 2 is 1.65 bits per heavy atom. The van der Waals surface area contributed by atoms with Gasteiger partial charge in [-0.1, -0.05) is 6.07 Å². The Morgan fingerprint density at radius 3 is 2.31 bits per heavy atom. The van der Waals surface area contributed by atoms with Crippen molar-refractivity contribution in [2.24, 2.45) is 0 Å². The quantitative estimate of drug-likeness (QED) is 0.667. The SMILES string of the molecule is CCN(Cc1ccc(OC)c(OC)c1)c1cnc2cc(F)c(F)cc2n1. The fourth-order valence-electron chi connectivity index (χ4n) is 2.70. The Labute approximate surface area is 150 Å². The molecule has 0 spiro atoms. The average Bonchev–Trinajstić information content (AvgIpc) is 2.66. The first-order valence-electron chi connectivity index (χ1n) is 8.13. The van der Waals surface area contributed by atoms with E-state index in [0.29, 0.717) is 41.4 Å². The van der Waals surface area contributed by atoms with E-state index in [1.54, 1.807) is 20.4 Å². The number of rotatable bonds is 6. The number of hydrogen-bond donors (Lipinski definition) is 0. The fraction of sp³-hybridized carbons (Fsp3) is 0.263. The van der Waals surface area contributed by atoms with Crippen molar-refractivity contribution in [1.29, 1.82) is 0 Å². The van der Waals surface area contributed by atoms with Gasteiger partial charge in [0.2, 0.25) is 0 Å². The number of hydrogen-bond acceptors (Lipinski definition) is 5. The molecule has 0 aliphatic heterocycles. The van der Waals surface area contributed by atoms with Crippen molar-refractivity contribution in [3.8, 4) is 11.5 Å². The van der Waals surface area contributed by atoms with Crippen LogP contribution in [0.3, 0.4) is 0 Å². The minimum Gasteiger partial charge on any atom is -0.493 e. The molecule has 2 aromatic carbocycles. The number of fused-ring (bicyclic) bond motifs is 1. The summed E-state index contributed by atoms with van der Waals surface area (Å²) in [6.45, 7) is 3.21. The molecule has 1 aromatic heterocycles. The first-order chi connectivity index (χ1) is 12.5. The highest BCUT2D eigenvalue weighted by molar-refractivity contribution is 5.75. The molecule has 0 aliphatic carbocycles. The zero-order valence-corrected chi connectivity index (χ0v) is 14.8. The molecule has 0 amide bonds. The van der Waals surface area contributed by atoms with Crippen molar-refractivity contribution in [1.82, 2.24) is 9.97 Å². The average molecular weight is 359 g/mol. The summed E-state index contributed by atoms with van der Waals surface area (Å²) < 4.78 is 37.4. The summed E-state index contributed by atoms with van der Waals surface area (Å²) >= 11 is 0. The van der Waals surface area contributed by atoms with E-state index in [0.717, 1.165) is 17.7 Å². The molecule has 0 fully saturated rings. The highest BCUT2D eigenvalue weighted by Gasteiger charge is 2.13. The van der Waals surface area contributed by atoms with Crippen LogP contribution in [0.15, 0.2) is 36.5 Å². The van der Waals surface area contributed by atoms with Gasteiger partial charge in [-0.05, 0) is 24.6 Å². The van der Waals surface area contributed by atoms with Crippen LogP contribution in [0.1, 0.15) is 12.5 Å². The van der Waals surface area contributed by atoms with E-state index in [9.17, 15) is 8.78 Å². The summed E-state index contributed by atoms with van der Waals surface area (Å²) in [4.78, 5) is 10.6. The molecule has 0 saturated carbocycles. The van der Waals surface area contributed by atoms with Gasteiger partial charge < -0.3 is 14.4 Å². The first-order valence-corrected chi connectivity index (χ1v) is 8.13. The molecule has 1 heterocycles. The van der Waals surface area contributed by atoms with Gasteiger partial charge in [-0.25, -0.2) is 13.8 Å². The molecule has 0 atom stereocenters. The van der Waals surface area contributed by atoms with Gasteiger partial charge in [0.05, 0.1) is 31.4 Å². The molecule has 0 radical (unpaired) electrons. The van der Waals surface area contributed by atoms with Crippen LogP contribution in [-0.4, -0.2) is 30.7 Å². The number of methoxy groups -OCH3 is 2. The monoisotopic (exact) mass is 359 g/mol. The normalized spacial score (nSPS) is 10.8. The van der Waals surface area contributed by atoms with Gasteiger partial charge in [0, 0.05) is 25.2 Å². The van der Waals surface area contributed by atoms with Gasteiger partial charge in [-0.3, -0.25) is 4.98 Å². The Hall–Kier alpha value is -2.96. The van der Waals surface area contributed by atoms with Crippen LogP contribution in [0.2, 0.25) is 0 Å². The van der Waals surface area contributed by atoms with E-state index in [2.05, 4.69) is 9.97 Å². The third-order valence-corrected chi connectivity index (χ3v) is 4.10. The lowest BCUT2D eigenvalue weighted by Crippen LogP contribution is -2.23. The van der Waals surface area contributed by atoms with Crippen LogP contribution >= 0.6 is 0 Å². The van der Waals surface area contributed by atoms with Crippen LogP contribution in [-0.2, 0) is 6.54 Å². The highest BCUT2D eigenvalue weighted by atomic mass is 19.2. The topological polar surface area (TPSA) is 47.5 Å². The van der Waals surface area contributed by atoms with Crippen LogP contribution in [0.25, 0.3) is 11.0 Å². The van der Waals surface area contributed by atoms with Crippen molar-refractivity contribution >= 4 is 16.9 Å². The van der Waals surface area contributed by atoms with Gasteiger partial charge >= 0.3 is 0 Å². The molecule has 5 nitrogen and oxygen atoms in total. The second kappa shape index (κ2) is 7.51. The maximum Gasteiger partial charge on any atom is 0.161 e. The van der Waals surface area contributed by atoms with Crippen LogP contribution in [0.5, 0.6) is 11.5 Å². The zero-order chi connectivity index (χ0) is 18.7. The van der Waals surface area contributed by atoms with E-state index in [4.69, 9.17) is 9.47 Å². The predicted molar refractivity (Wildman–Crippen MR) is 95.7 cm³/mol. The zero-order valence-electron chi connectivity index (χ0n) is 14.8. The maximum absolute atomic E-state index is 13.5. The molecule has 26 heavy (non-hydrogen) atoms. The van der Waals surface area contributed by atoms with E-state index in [-0.39, 0.29) is 0 Å². The maximum atomic E-state index is 13.5. The molecular weight excluding hydrogens is 340 g/mol. The lowest BCUT2D eigenvalue weighted by Gasteiger charge is -2.22. The number of halogens is 2. The molecule has 0 aliphatic rings. The van der Waals surface area contributed by atoms with E-state index < -0.39 is 11.6 Å². The van der Waals surface area contributed by atoms with E-state index in [1.165, 1.54) is 0 Å². The molecule has 0 bridgehead atoms. The van der Waals surface area contributed by atoms with E-state index in [1.807, 2.05) is 30.0 Å². The van der Waals surface area contributed by atoms with Gasteiger partial charge in [-0.15, -0.1) is 0 Å². The molecule has 3 aromatic rings. The third kappa shape index (κ3) is 3.51. The summed E-state index contributed by atoms with van der Waals surface area (Å²) in [7, 11) is 3.17. The van der Waals surface area contributed by atoms with Crippen molar-refractivity contribution in [3.05, 3.63) is 53.7 Å². The molecule has 0 N–H and O–H groups in total. The van der Waals surface area contributed by atoms with Crippen molar-refractivity contribution < 1.29 is 18.3 Å². The predicted octanol–water partition coefficient (Wildman–Crippen LogP) is 3.95. The van der Waals surface area contributed by atoms with Crippen molar-refractivity contribution in [3.63, 3.8) is 0 Å². The Kier molecular flexibility index (Phi) is 5.16. The van der Waals surface area contributed by atoms with Gasteiger partial charge in [0.25, 0.3) is 0 Å². The van der Waals surface area contributed by atoms with Gasteiger partial charge in [-0.2, -0.15) is 0 Å². The minimum absolute atomic E-state index is 0.312. The summed E-state index contributed by atoms with van der Waals surface area (Å²) in [5.41, 5.74) is 1.62. The van der Waals surface area contributed by atoms with Crippen molar-refractivity contribution in [2.45, 2.75) is 13.5 Å². The van der Waals surface area contributed by atoms with E-state index >= 15 is 0 Å². The minimum atomic E-state index is -0.938. The standard InChI is InChI=1S/C19H19F2N3O2/c1-4-24(11-12-5-6-17(25-2)18(7-12)26-3)19-10-22-15-8-13(20)14(21)9-16(15)23-19/h5-10H,4,11H2,1-3H3. The Bertz CT molecular complexity index is 934. The lowest BCUT2D eigenvalue weighted by atomic mass is 10.2. The lowest BCUT2D eigenvalue weighted by molar-refractivity contribution is 0.354. The summed E-state index contributed by atoms with van der Waals surface area (Å²) in [5, 5.41) is 0. The molecule has 136 valence electrons. The highest BCUT2D eigenvalue weighted by Crippen LogP contribution is 2.28. The van der Waals surface area contributed by atoms with Crippen molar-refractivity contribution in [2.75, 3.05) is 25.7 Å². The number of nitrogens with zero attached hydrogens (tertiary/aromatic N) is 3. The number of anilines is 1. The largest absolute Gasteiger partial charge is 0.493 e. The Balaban J connectivity index is 1.91. The Morgan fingerprint density at radius 1 is 0.962 bits per heavy atom. The number of benzene rings is 2. The second-order valence-corrected chi connectivity index (χ2v) is 5.69. The van der Waals surface area contributed by atoms with Gasteiger partial charge in [0.15, 0.2) is 23.1 Å².